The highest BCUT2D eigenvalue weighted by Gasteiger charge is 2.18. The summed E-state index contributed by atoms with van der Waals surface area (Å²) in [4.78, 5) is 26.8. The molecule has 1 aliphatic rings. The predicted molar refractivity (Wildman–Crippen MR) is 96.6 cm³/mol. The molecule has 0 radical (unpaired) electrons. The Morgan fingerprint density at radius 2 is 2.04 bits per heavy atom. The van der Waals surface area contributed by atoms with Crippen LogP contribution in [0, 0.1) is 0 Å². The number of para-hydroxylation sites is 1. The van der Waals surface area contributed by atoms with Crippen LogP contribution >= 0.6 is 11.3 Å². The molecule has 1 aromatic carbocycles. The van der Waals surface area contributed by atoms with Crippen molar-refractivity contribution in [2.75, 3.05) is 18.0 Å². The standard InChI is InChI=1S/C18H19N3O2S/c22-17(10-9-15-7-4-12-24-15)19-20-18(23)13-21-11-3-6-14-5-1-2-8-16(14)21/h1-2,4-5,7-10,12H,3,6,11,13H2,(H,19,22)(H,20,23)/b10-9+. The molecule has 5 nitrogen and oxygen atoms in total. The van der Waals surface area contributed by atoms with Crippen molar-refractivity contribution in [3.05, 3.63) is 58.3 Å². The summed E-state index contributed by atoms with van der Waals surface area (Å²) in [5, 5.41) is 1.94. The molecule has 0 unspecified atom stereocenters. The Bertz CT molecular complexity index is 740. The Kier molecular flexibility index (Phi) is 5.28. The number of thiophene rings is 1. The highest BCUT2D eigenvalue weighted by Crippen LogP contribution is 2.26. The molecule has 2 N–H and O–H groups in total. The largest absolute Gasteiger partial charge is 0.362 e. The molecule has 24 heavy (non-hydrogen) atoms. The van der Waals surface area contributed by atoms with Crippen molar-refractivity contribution in [3.8, 4) is 0 Å². The summed E-state index contributed by atoms with van der Waals surface area (Å²) in [6.07, 6.45) is 5.19. The van der Waals surface area contributed by atoms with E-state index in [1.807, 2.05) is 40.6 Å². The lowest BCUT2D eigenvalue weighted by atomic mass is 10.0. The van der Waals surface area contributed by atoms with Crippen molar-refractivity contribution in [3.63, 3.8) is 0 Å². The second-order valence-electron chi connectivity index (χ2n) is 5.54. The van der Waals surface area contributed by atoms with E-state index in [1.165, 1.54) is 11.6 Å². The van der Waals surface area contributed by atoms with Crippen molar-refractivity contribution in [1.29, 1.82) is 0 Å². The number of nitrogens with zero attached hydrogens (tertiary/aromatic N) is 1. The molecular weight excluding hydrogens is 322 g/mol. The number of hydrazine groups is 1. The number of anilines is 1. The van der Waals surface area contributed by atoms with Crippen LogP contribution in [-0.4, -0.2) is 24.9 Å². The number of nitrogens with one attached hydrogen (secondary N) is 2. The van der Waals surface area contributed by atoms with E-state index in [2.05, 4.69) is 16.9 Å². The summed E-state index contributed by atoms with van der Waals surface area (Å²) in [6.45, 7) is 1.07. The number of benzene rings is 1. The lowest BCUT2D eigenvalue weighted by Gasteiger charge is -2.30. The van der Waals surface area contributed by atoms with Gasteiger partial charge < -0.3 is 4.90 Å². The monoisotopic (exact) mass is 341 g/mol. The molecule has 124 valence electrons. The molecule has 2 heterocycles. The summed E-state index contributed by atoms with van der Waals surface area (Å²) in [5.41, 5.74) is 7.24. The van der Waals surface area contributed by atoms with E-state index in [1.54, 1.807) is 17.4 Å². The number of fused-ring (bicyclic) bond motifs is 1. The molecular formula is C18H19N3O2S. The van der Waals surface area contributed by atoms with Gasteiger partial charge in [0.1, 0.15) is 0 Å². The van der Waals surface area contributed by atoms with Crippen molar-refractivity contribution in [2.45, 2.75) is 12.8 Å². The van der Waals surface area contributed by atoms with Crippen LogP contribution in [0.25, 0.3) is 6.08 Å². The Hall–Kier alpha value is -2.60. The van der Waals surface area contributed by atoms with Crippen LogP contribution in [0.1, 0.15) is 16.9 Å². The first-order valence-electron chi connectivity index (χ1n) is 7.85. The quantitative estimate of drug-likeness (QED) is 0.663. The average Bonchev–Trinajstić information content (AvgIpc) is 3.12. The molecule has 0 saturated carbocycles. The van der Waals surface area contributed by atoms with E-state index < -0.39 is 0 Å². The van der Waals surface area contributed by atoms with Gasteiger partial charge in [-0.1, -0.05) is 24.3 Å². The third kappa shape index (κ3) is 4.23. The molecule has 2 aromatic rings. The van der Waals surface area contributed by atoms with Gasteiger partial charge >= 0.3 is 0 Å². The van der Waals surface area contributed by atoms with Gasteiger partial charge in [-0.2, -0.15) is 0 Å². The van der Waals surface area contributed by atoms with Gasteiger partial charge in [-0.15, -0.1) is 11.3 Å². The van der Waals surface area contributed by atoms with Crippen LogP contribution in [-0.2, 0) is 16.0 Å². The number of amides is 2. The molecule has 1 aromatic heterocycles. The number of carbonyl (C=O) groups excluding carboxylic acids is 2. The normalized spacial score (nSPS) is 13.6. The molecule has 0 aliphatic carbocycles. The Balaban J connectivity index is 1.49. The summed E-state index contributed by atoms with van der Waals surface area (Å²) < 4.78 is 0. The van der Waals surface area contributed by atoms with E-state index in [9.17, 15) is 9.59 Å². The van der Waals surface area contributed by atoms with Gasteiger partial charge in [0.15, 0.2) is 0 Å². The second kappa shape index (κ2) is 7.79. The lowest BCUT2D eigenvalue weighted by molar-refractivity contribution is -0.125. The third-order valence-electron chi connectivity index (χ3n) is 3.81. The van der Waals surface area contributed by atoms with E-state index in [-0.39, 0.29) is 18.4 Å². The number of hydrogen-bond acceptors (Lipinski definition) is 4. The molecule has 2 amide bonds. The molecule has 6 heteroatoms. The topological polar surface area (TPSA) is 61.4 Å². The SMILES string of the molecule is O=C(/C=C/c1cccs1)NNC(=O)CN1CCCc2ccccc21. The maximum absolute atomic E-state index is 12.1. The third-order valence-corrected chi connectivity index (χ3v) is 4.65. The van der Waals surface area contributed by atoms with Crippen LogP contribution in [0.4, 0.5) is 5.69 Å². The number of rotatable bonds is 4. The Morgan fingerprint density at radius 1 is 1.17 bits per heavy atom. The zero-order valence-electron chi connectivity index (χ0n) is 13.2. The lowest BCUT2D eigenvalue weighted by Crippen LogP contribution is -2.47. The molecule has 0 fully saturated rings. The van der Waals surface area contributed by atoms with E-state index in [4.69, 9.17) is 0 Å². The van der Waals surface area contributed by atoms with Crippen molar-refractivity contribution < 1.29 is 9.59 Å². The smallest absolute Gasteiger partial charge is 0.262 e. The van der Waals surface area contributed by atoms with E-state index >= 15 is 0 Å². The number of carbonyl (C=O) groups is 2. The van der Waals surface area contributed by atoms with Gasteiger partial charge in [-0.25, -0.2) is 0 Å². The van der Waals surface area contributed by atoms with Crippen LogP contribution in [0.5, 0.6) is 0 Å². The molecule has 0 spiro atoms. The highest BCUT2D eigenvalue weighted by molar-refractivity contribution is 7.10. The van der Waals surface area contributed by atoms with Crippen LogP contribution in [0.2, 0.25) is 0 Å². The van der Waals surface area contributed by atoms with Gasteiger partial charge in [-0.3, -0.25) is 20.4 Å². The fraction of sp³-hybridized carbons (Fsp3) is 0.222. The van der Waals surface area contributed by atoms with Gasteiger partial charge in [0.25, 0.3) is 11.8 Å². The van der Waals surface area contributed by atoms with E-state index in [0.29, 0.717) is 0 Å². The maximum atomic E-state index is 12.1. The van der Waals surface area contributed by atoms with Crippen LogP contribution in [0.3, 0.4) is 0 Å². The molecule has 0 atom stereocenters. The first-order valence-corrected chi connectivity index (χ1v) is 8.73. The maximum Gasteiger partial charge on any atom is 0.262 e. The van der Waals surface area contributed by atoms with Crippen molar-refractivity contribution >= 4 is 34.9 Å². The zero-order chi connectivity index (χ0) is 16.8. The first kappa shape index (κ1) is 16.3. The van der Waals surface area contributed by atoms with Crippen LogP contribution < -0.4 is 15.8 Å². The van der Waals surface area contributed by atoms with Crippen LogP contribution in [0.15, 0.2) is 47.9 Å². The molecule has 1 aliphatic heterocycles. The number of aryl methyl sites for hydroxylation is 1. The molecule has 0 saturated heterocycles. The fourth-order valence-corrected chi connectivity index (χ4v) is 3.32. The first-order chi connectivity index (χ1) is 11.7. The zero-order valence-corrected chi connectivity index (χ0v) is 14.0. The fourth-order valence-electron chi connectivity index (χ4n) is 2.71. The number of hydrogen-bond donors (Lipinski definition) is 2. The summed E-state index contributed by atoms with van der Waals surface area (Å²) in [6, 6.07) is 12.0. The molecule has 0 bridgehead atoms. The minimum atomic E-state index is -0.351. The van der Waals surface area contributed by atoms with Gasteiger partial charge in [0, 0.05) is 23.2 Å². The van der Waals surface area contributed by atoms with Gasteiger partial charge in [-0.05, 0) is 42.0 Å². The van der Waals surface area contributed by atoms with E-state index in [0.717, 1.165) is 30.0 Å². The summed E-state index contributed by atoms with van der Waals surface area (Å²) >= 11 is 1.55. The second-order valence-corrected chi connectivity index (χ2v) is 6.52. The van der Waals surface area contributed by atoms with Crippen molar-refractivity contribution in [2.24, 2.45) is 0 Å². The molecule has 3 rings (SSSR count). The predicted octanol–water partition coefficient (Wildman–Crippen LogP) is 2.36. The summed E-state index contributed by atoms with van der Waals surface area (Å²) in [5.74, 6) is -0.583. The van der Waals surface area contributed by atoms with Gasteiger partial charge in [0.05, 0.1) is 6.54 Å². The minimum absolute atomic E-state index is 0.228. The Morgan fingerprint density at radius 3 is 2.88 bits per heavy atom. The Labute approximate surface area is 145 Å². The minimum Gasteiger partial charge on any atom is -0.362 e. The van der Waals surface area contributed by atoms with Gasteiger partial charge in [0.2, 0.25) is 0 Å². The highest BCUT2D eigenvalue weighted by atomic mass is 32.1. The van der Waals surface area contributed by atoms with Crippen molar-refractivity contribution in [1.82, 2.24) is 10.9 Å². The summed E-state index contributed by atoms with van der Waals surface area (Å²) in [7, 11) is 0. The average molecular weight is 341 g/mol.